The number of nitrogens with one attached hydrogen (secondary N) is 1. The van der Waals surface area contributed by atoms with E-state index in [0.717, 1.165) is 37.5 Å². The van der Waals surface area contributed by atoms with Crippen LogP contribution in [-0.2, 0) is 11.3 Å². The van der Waals surface area contributed by atoms with Gasteiger partial charge in [0.15, 0.2) is 5.96 Å². The van der Waals surface area contributed by atoms with Crippen molar-refractivity contribution in [2.45, 2.75) is 63.4 Å². The summed E-state index contributed by atoms with van der Waals surface area (Å²) < 4.78 is 6.16. The molecule has 1 saturated heterocycles. The van der Waals surface area contributed by atoms with E-state index in [4.69, 9.17) is 15.5 Å². The van der Waals surface area contributed by atoms with Crippen LogP contribution in [0.15, 0.2) is 29.3 Å². The summed E-state index contributed by atoms with van der Waals surface area (Å²) in [5, 5.41) is 13.0. The minimum atomic E-state index is 0.0257. The third-order valence-electron chi connectivity index (χ3n) is 6.17. The molecule has 2 heterocycles. The van der Waals surface area contributed by atoms with Gasteiger partial charge in [-0.15, -0.1) is 0 Å². The summed E-state index contributed by atoms with van der Waals surface area (Å²) in [4.78, 5) is 9.57. The van der Waals surface area contributed by atoms with E-state index in [-0.39, 0.29) is 18.2 Å². The van der Waals surface area contributed by atoms with Gasteiger partial charge in [-0.25, -0.2) is 0 Å². The molecular formula is C22H32N6O. The van der Waals surface area contributed by atoms with Gasteiger partial charge >= 0.3 is 0 Å². The van der Waals surface area contributed by atoms with Crippen LogP contribution in [0.2, 0.25) is 0 Å². The highest BCUT2D eigenvalue weighted by Crippen LogP contribution is 2.24. The van der Waals surface area contributed by atoms with Crippen LogP contribution in [0, 0.1) is 11.3 Å². The zero-order valence-corrected chi connectivity index (χ0v) is 17.3. The first-order valence-electron chi connectivity index (χ1n) is 10.8. The number of hydrogen-bond donors (Lipinski definition) is 2. The zero-order valence-electron chi connectivity index (χ0n) is 17.3. The number of benzene rings is 1. The summed E-state index contributed by atoms with van der Waals surface area (Å²) in [7, 11) is 0. The Hall–Kier alpha value is -2.14. The van der Waals surface area contributed by atoms with E-state index in [0.29, 0.717) is 31.4 Å². The molecule has 3 aliphatic rings. The molecule has 3 atom stereocenters. The predicted octanol–water partition coefficient (Wildman–Crippen LogP) is 1.64. The van der Waals surface area contributed by atoms with Crippen LogP contribution >= 0.6 is 0 Å². The maximum absolute atomic E-state index is 9.53. The maximum Gasteiger partial charge on any atom is 0.197 e. The molecule has 1 unspecified atom stereocenters. The van der Waals surface area contributed by atoms with E-state index in [1.165, 1.54) is 12.8 Å². The van der Waals surface area contributed by atoms with Gasteiger partial charge in [-0.2, -0.15) is 5.26 Å². The van der Waals surface area contributed by atoms with Crippen LogP contribution in [0.5, 0.6) is 0 Å². The Balaban J connectivity index is 1.53. The monoisotopic (exact) mass is 396 g/mol. The molecule has 2 fully saturated rings. The van der Waals surface area contributed by atoms with Crippen LogP contribution in [0.1, 0.15) is 43.7 Å². The Kier molecular flexibility index (Phi) is 6.34. The molecular weight excluding hydrogens is 364 g/mol. The number of ether oxygens (including phenoxy) is 1. The number of piperidine rings is 1. The van der Waals surface area contributed by atoms with Crippen LogP contribution in [-0.4, -0.2) is 66.4 Å². The molecule has 7 heteroatoms. The second-order valence-electron chi connectivity index (χ2n) is 8.45. The number of rotatable bonds is 6. The van der Waals surface area contributed by atoms with Crippen molar-refractivity contribution in [3.63, 3.8) is 0 Å². The minimum absolute atomic E-state index is 0.0257. The van der Waals surface area contributed by atoms with E-state index < -0.39 is 0 Å². The highest BCUT2D eigenvalue weighted by molar-refractivity contribution is 5.81. The highest BCUT2D eigenvalue weighted by Gasteiger charge is 2.35. The van der Waals surface area contributed by atoms with Crippen LogP contribution in [0.25, 0.3) is 0 Å². The first-order chi connectivity index (χ1) is 14.2. The molecule has 3 N–H and O–H groups in total. The normalized spacial score (nSPS) is 27.5. The molecule has 0 aromatic heterocycles. The number of nitrogens with two attached hydrogens (primary N) is 1. The lowest BCUT2D eigenvalue weighted by molar-refractivity contribution is -0.00760. The summed E-state index contributed by atoms with van der Waals surface area (Å²) in [5.41, 5.74) is 7.98. The van der Waals surface area contributed by atoms with Gasteiger partial charge in [-0.3, -0.25) is 10.3 Å². The molecule has 4 rings (SSSR count). The highest BCUT2D eigenvalue weighted by atomic mass is 16.5. The van der Waals surface area contributed by atoms with Gasteiger partial charge in [-0.1, -0.05) is 18.2 Å². The van der Waals surface area contributed by atoms with Crippen LogP contribution < -0.4 is 11.1 Å². The molecule has 156 valence electrons. The first-order valence-corrected chi connectivity index (χ1v) is 10.8. The van der Waals surface area contributed by atoms with Gasteiger partial charge in [-0.05, 0) is 44.2 Å². The van der Waals surface area contributed by atoms with Gasteiger partial charge < -0.3 is 20.3 Å². The zero-order chi connectivity index (χ0) is 20.2. The van der Waals surface area contributed by atoms with E-state index in [2.05, 4.69) is 28.1 Å². The van der Waals surface area contributed by atoms with Gasteiger partial charge in [0.1, 0.15) is 0 Å². The van der Waals surface area contributed by atoms with Gasteiger partial charge in [0.05, 0.1) is 37.1 Å². The Labute approximate surface area is 173 Å². The summed E-state index contributed by atoms with van der Waals surface area (Å²) in [5.74, 6) is 0.996. The number of nitrogens with zero attached hydrogens (tertiary/aromatic N) is 4. The summed E-state index contributed by atoms with van der Waals surface area (Å²) >= 11 is 0. The molecule has 29 heavy (non-hydrogen) atoms. The maximum atomic E-state index is 9.53. The number of likely N-dealkylation sites (tertiary alicyclic amines) is 1. The number of guanidine groups is 1. The predicted molar refractivity (Wildman–Crippen MR) is 113 cm³/mol. The topological polar surface area (TPSA) is 89.9 Å². The van der Waals surface area contributed by atoms with Crippen molar-refractivity contribution in [3.8, 4) is 6.07 Å². The van der Waals surface area contributed by atoms with Crippen LogP contribution in [0.3, 0.4) is 0 Å². The average Bonchev–Trinajstić information content (AvgIpc) is 3.55. The fourth-order valence-corrected chi connectivity index (χ4v) is 4.19. The molecule has 0 spiro atoms. The molecule has 2 aliphatic heterocycles. The molecule has 1 aliphatic carbocycles. The van der Waals surface area contributed by atoms with Crippen molar-refractivity contribution in [2.24, 2.45) is 10.7 Å². The molecule has 1 saturated carbocycles. The molecule has 0 amide bonds. The first kappa shape index (κ1) is 20.1. The van der Waals surface area contributed by atoms with E-state index in [9.17, 15) is 5.26 Å². The standard InChI is InChI=1S/C22H32N6O/c1-16-21(29-15-26-20-8-9-20)12-25-22(27-10-4-7-19(24)14-27)28(16)13-18-6-3-2-5-17(18)11-23/h2-3,5-6,16,19-21,26H,4,7-10,12-15,24H2,1H3/t16-,19-,21?/m1/s1. The lowest BCUT2D eigenvalue weighted by Gasteiger charge is -2.45. The SMILES string of the molecule is C[C@@H]1C(OCNC2CC2)CN=C(N2CCC[C@@H](N)C2)N1Cc1ccccc1C#N. The average molecular weight is 397 g/mol. The number of aliphatic imine (C=N–C) groups is 1. The van der Waals surface area contributed by atoms with E-state index >= 15 is 0 Å². The Bertz CT molecular complexity index is 771. The van der Waals surface area contributed by atoms with Crippen molar-refractivity contribution < 1.29 is 4.74 Å². The Morgan fingerprint density at radius 2 is 2.14 bits per heavy atom. The Morgan fingerprint density at radius 1 is 1.31 bits per heavy atom. The van der Waals surface area contributed by atoms with E-state index in [1.807, 2.05) is 24.3 Å². The molecule has 1 aromatic carbocycles. The summed E-state index contributed by atoms with van der Waals surface area (Å²) in [6.07, 6.45) is 4.67. The van der Waals surface area contributed by atoms with Gasteiger partial charge in [0, 0.05) is 31.7 Å². The minimum Gasteiger partial charge on any atom is -0.359 e. The van der Waals surface area contributed by atoms with Crippen molar-refractivity contribution in [3.05, 3.63) is 35.4 Å². The van der Waals surface area contributed by atoms with Crippen molar-refractivity contribution in [2.75, 3.05) is 26.4 Å². The molecule has 7 nitrogen and oxygen atoms in total. The quantitative estimate of drug-likeness (QED) is 0.711. The van der Waals surface area contributed by atoms with Gasteiger partial charge in [0.2, 0.25) is 0 Å². The number of hydrogen-bond acceptors (Lipinski definition) is 7. The molecule has 0 bridgehead atoms. The second kappa shape index (κ2) is 9.12. The third kappa shape index (κ3) is 4.89. The second-order valence-corrected chi connectivity index (χ2v) is 8.45. The summed E-state index contributed by atoms with van der Waals surface area (Å²) in [6.45, 7) is 5.88. The lowest BCUT2D eigenvalue weighted by Crippen LogP contribution is -2.59. The van der Waals surface area contributed by atoms with Crippen molar-refractivity contribution in [1.29, 1.82) is 5.26 Å². The fourth-order valence-electron chi connectivity index (χ4n) is 4.19. The van der Waals surface area contributed by atoms with Crippen molar-refractivity contribution in [1.82, 2.24) is 15.1 Å². The molecule has 1 aromatic rings. The fraction of sp³-hybridized carbons (Fsp3) is 0.636. The largest absolute Gasteiger partial charge is 0.359 e. The van der Waals surface area contributed by atoms with Crippen LogP contribution in [0.4, 0.5) is 0 Å². The number of nitriles is 1. The molecule has 0 radical (unpaired) electrons. The van der Waals surface area contributed by atoms with Crippen molar-refractivity contribution >= 4 is 5.96 Å². The lowest BCUT2D eigenvalue weighted by atomic mass is 10.0. The Morgan fingerprint density at radius 3 is 2.90 bits per heavy atom. The van der Waals surface area contributed by atoms with E-state index in [1.54, 1.807) is 0 Å². The van der Waals surface area contributed by atoms with Gasteiger partial charge in [0.25, 0.3) is 0 Å². The third-order valence-corrected chi connectivity index (χ3v) is 6.17. The smallest absolute Gasteiger partial charge is 0.197 e. The summed E-state index contributed by atoms with van der Waals surface area (Å²) in [6, 6.07) is 11.1.